The molecular formula is C17H28N4O4S. The van der Waals surface area contributed by atoms with Gasteiger partial charge in [-0.2, -0.15) is 4.31 Å². The zero-order valence-corrected chi connectivity index (χ0v) is 16.6. The summed E-state index contributed by atoms with van der Waals surface area (Å²) >= 11 is 0. The smallest absolute Gasteiger partial charge is 0.307 e. The average Bonchev–Trinajstić information content (AvgIpc) is 2.62. The van der Waals surface area contributed by atoms with Crippen LogP contribution >= 0.6 is 0 Å². The molecule has 0 aliphatic carbocycles. The first-order chi connectivity index (χ1) is 12.2. The van der Waals surface area contributed by atoms with Gasteiger partial charge in [-0.3, -0.25) is 4.79 Å². The first-order valence-corrected chi connectivity index (χ1v) is 10.5. The molecule has 1 N–H and O–H groups in total. The van der Waals surface area contributed by atoms with Crippen LogP contribution in [0.15, 0.2) is 12.3 Å². The third-order valence-corrected chi connectivity index (χ3v) is 7.22. The summed E-state index contributed by atoms with van der Waals surface area (Å²) in [5.74, 6) is -0.447. The Bertz CT molecular complexity index is 730. The van der Waals surface area contributed by atoms with Crippen LogP contribution in [0.1, 0.15) is 45.9 Å². The van der Waals surface area contributed by atoms with Crippen molar-refractivity contribution in [3.05, 3.63) is 18.1 Å². The van der Waals surface area contributed by atoms with Crippen molar-refractivity contribution in [2.75, 3.05) is 31.1 Å². The lowest BCUT2D eigenvalue weighted by Gasteiger charge is -2.35. The van der Waals surface area contributed by atoms with E-state index in [-0.39, 0.29) is 5.92 Å². The molecule has 0 radical (unpaired) electrons. The topological polar surface area (TPSA) is 104 Å². The first kappa shape index (κ1) is 20.6. The number of piperazine rings is 1. The molecule has 0 amide bonds. The van der Waals surface area contributed by atoms with Crippen LogP contribution in [-0.2, 0) is 14.8 Å². The number of carbonyl (C=O) groups is 1. The van der Waals surface area contributed by atoms with Crippen LogP contribution in [0, 0.1) is 5.92 Å². The number of anilines is 1. The van der Waals surface area contributed by atoms with Crippen molar-refractivity contribution in [2.24, 2.45) is 5.92 Å². The van der Waals surface area contributed by atoms with Crippen molar-refractivity contribution >= 4 is 21.8 Å². The fourth-order valence-electron chi connectivity index (χ4n) is 3.15. The van der Waals surface area contributed by atoms with Crippen LogP contribution in [0.25, 0.3) is 0 Å². The van der Waals surface area contributed by atoms with Gasteiger partial charge in [0.2, 0.25) is 10.0 Å². The fraction of sp³-hybridized carbons (Fsp3) is 0.706. The molecule has 2 atom stereocenters. The second-order valence-corrected chi connectivity index (χ2v) is 9.38. The Morgan fingerprint density at radius 3 is 2.35 bits per heavy atom. The third kappa shape index (κ3) is 4.32. The SMILES string of the molecule is CC[C@@H](C(=O)O)C(C)c1nccc(N2CCN(S(=O)(=O)C(C)C)CC2)n1. The van der Waals surface area contributed by atoms with Crippen molar-refractivity contribution in [1.82, 2.24) is 14.3 Å². The molecule has 146 valence electrons. The van der Waals surface area contributed by atoms with E-state index in [1.807, 2.05) is 18.7 Å². The van der Waals surface area contributed by atoms with Crippen molar-refractivity contribution in [1.29, 1.82) is 0 Å². The lowest BCUT2D eigenvalue weighted by Crippen LogP contribution is -2.50. The van der Waals surface area contributed by atoms with E-state index in [1.165, 1.54) is 4.31 Å². The van der Waals surface area contributed by atoms with E-state index in [9.17, 15) is 18.3 Å². The van der Waals surface area contributed by atoms with Crippen LogP contribution in [0.4, 0.5) is 5.82 Å². The summed E-state index contributed by atoms with van der Waals surface area (Å²) in [6.07, 6.45) is 2.15. The molecule has 0 saturated carbocycles. The highest BCUT2D eigenvalue weighted by Crippen LogP contribution is 2.26. The molecule has 1 aromatic rings. The zero-order chi connectivity index (χ0) is 19.5. The summed E-state index contributed by atoms with van der Waals surface area (Å²) in [4.78, 5) is 22.2. The Balaban J connectivity index is 2.11. The lowest BCUT2D eigenvalue weighted by molar-refractivity contribution is -0.142. The van der Waals surface area contributed by atoms with Gasteiger partial charge in [-0.05, 0) is 26.3 Å². The van der Waals surface area contributed by atoms with Crippen LogP contribution in [0.5, 0.6) is 0 Å². The van der Waals surface area contributed by atoms with E-state index in [4.69, 9.17) is 0 Å². The summed E-state index contributed by atoms with van der Waals surface area (Å²) in [5.41, 5.74) is 0. The Morgan fingerprint density at radius 1 is 1.23 bits per heavy atom. The van der Waals surface area contributed by atoms with E-state index >= 15 is 0 Å². The van der Waals surface area contributed by atoms with Gasteiger partial charge in [0.25, 0.3) is 0 Å². The molecule has 1 saturated heterocycles. The monoisotopic (exact) mass is 384 g/mol. The maximum absolute atomic E-state index is 12.3. The number of hydrogen-bond donors (Lipinski definition) is 1. The molecule has 1 unspecified atom stereocenters. The Kier molecular flexibility index (Phi) is 6.57. The van der Waals surface area contributed by atoms with E-state index in [2.05, 4.69) is 9.97 Å². The van der Waals surface area contributed by atoms with Gasteiger partial charge < -0.3 is 10.0 Å². The second-order valence-electron chi connectivity index (χ2n) is 6.89. The van der Waals surface area contributed by atoms with E-state index in [0.717, 1.165) is 0 Å². The summed E-state index contributed by atoms with van der Waals surface area (Å²) in [5, 5.41) is 8.92. The van der Waals surface area contributed by atoms with Gasteiger partial charge >= 0.3 is 5.97 Å². The van der Waals surface area contributed by atoms with E-state index < -0.39 is 27.2 Å². The standard InChI is InChI=1S/C17H28N4O4S/c1-5-14(17(22)23)13(4)16-18-7-6-15(19-16)20-8-10-21(11-9-20)26(24,25)12(2)3/h6-7,12-14H,5,8-11H2,1-4H3,(H,22,23)/t13?,14-/m1/s1. The average molecular weight is 385 g/mol. The number of nitrogens with zero attached hydrogens (tertiary/aromatic N) is 4. The highest BCUT2D eigenvalue weighted by Gasteiger charge is 2.30. The summed E-state index contributed by atoms with van der Waals surface area (Å²) in [6, 6.07) is 1.78. The largest absolute Gasteiger partial charge is 0.481 e. The quantitative estimate of drug-likeness (QED) is 0.760. The highest BCUT2D eigenvalue weighted by atomic mass is 32.2. The molecule has 9 heteroatoms. The van der Waals surface area contributed by atoms with Crippen molar-refractivity contribution in [2.45, 2.75) is 45.3 Å². The molecule has 1 fully saturated rings. The van der Waals surface area contributed by atoms with Gasteiger partial charge in [-0.15, -0.1) is 0 Å². The Morgan fingerprint density at radius 2 is 1.85 bits per heavy atom. The van der Waals surface area contributed by atoms with Gasteiger partial charge in [0, 0.05) is 38.3 Å². The molecule has 2 heterocycles. The maximum Gasteiger partial charge on any atom is 0.307 e. The normalized spacial score (nSPS) is 18.7. The highest BCUT2D eigenvalue weighted by molar-refractivity contribution is 7.89. The van der Waals surface area contributed by atoms with Gasteiger partial charge in [0.15, 0.2) is 0 Å². The number of sulfonamides is 1. The number of aromatic nitrogens is 2. The predicted molar refractivity (Wildman–Crippen MR) is 99.7 cm³/mol. The van der Waals surface area contributed by atoms with Gasteiger partial charge in [0.1, 0.15) is 11.6 Å². The molecule has 2 rings (SSSR count). The third-order valence-electron chi connectivity index (χ3n) is 4.95. The first-order valence-electron chi connectivity index (χ1n) is 8.98. The van der Waals surface area contributed by atoms with E-state index in [1.54, 1.807) is 26.1 Å². The number of carboxylic acid groups (broad SMARTS) is 1. The Hall–Kier alpha value is -1.74. The van der Waals surface area contributed by atoms with Crippen molar-refractivity contribution < 1.29 is 18.3 Å². The molecule has 1 aromatic heterocycles. The Labute approximate surface area is 155 Å². The molecule has 26 heavy (non-hydrogen) atoms. The summed E-state index contributed by atoms with van der Waals surface area (Å²) in [7, 11) is -3.24. The summed E-state index contributed by atoms with van der Waals surface area (Å²) < 4.78 is 26.1. The number of hydrogen-bond acceptors (Lipinski definition) is 6. The molecule has 0 aromatic carbocycles. The van der Waals surface area contributed by atoms with Gasteiger partial charge in [-0.1, -0.05) is 13.8 Å². The van der Waals surface area contributed by atoms with Gasteiger partial charge in [0.05, 0.1) is 11.2 Å². The number of aliphatic carboxylic acids is 1. The molecule has 0 spiro atoms. The van der Waals surface area contributed by atoms with Crippen LogP contribution in [-0.4, -0.2) is 65.2 Å². The number of carboxylic acids is 1. The predicted octanol–water partition coefficient (Wildman–Crippen LogP) is 1.55. The minimum atomic E-state index is -3.24. The molecule has 1 aliphatic heterocycles. The molecular weight excluding hydrogens is 356 g/mol. The van der Waals surface area contributed by atoms with Crippen LogP contribution in [0.2, 0.25) is 0 Å². The van der Waals surface area contributed by atoms with Crippen LogP contribution in [0.3, 0.4) is 0 Å². The number of rotatable bonds is 7. The molecule has 8 nitrogen and oxygen atoms in total. The van der Waals surface area contributed by atoms with Gasteiger partial charge in [-0.25, -0.2) is 18.4 Å². The summed E-state index contributed by atoms with van der Waals surface area (Å²) in [6.45, 7) is 8.98. The molecule has 0 bridgehead atoms. The minimum absolute atomic E-state index is 0.292. The van der Waals surface area contributed by atoms with Crippen LogP contribution < -0.4 is 4.90 Å². The lowest BCUT2D eigenvalue weighted by atomic mass is 9.91. The van der Waals surface area contributed by atoms with Crippen molar-refractivity contribution in [3.63, 3.8) is 0 Å². The maximum atomic E-state index is 12.3. The molecule has 1 aliphatic rings. The van der Waals surface area contributed by atoms with Crippen molar-refractivity contribution in [3.8, 4) is 0 Å². The van der Waals surface area contributed by atoms with E-state index in [0.29, 0.717) is 44.2 Å². The second kappa shape index (κ2) is 8.30. The fourth-order valence-corrected chi connectivity index (χ4v) is 4.42. The zero-order valence-electron chi connectivity index (χ0n) is 15.8. The minimum Gasteiger partial charge on any atom is -0.481 e.